The van der Waals surface area contributed by atoms with Gasteiger partial charge in [-0.15, -0.1) is 0 Å². The van der Waals surface area contributed by atoms with Crippen LogP contribution in [0.4, 0.5) is 5.69 Å². The van der Waals surface area contributed by atoms with Gasteiger partial charge in [0, 0.05) is 22.2 Å². The zero-order valence-corrected chi connectivity index (χ0v) is 14.6. The van der Waals surface area contributed by atoms with Crippen LogP contribution in [0, 0.1) is 6.92 Å². The molecule has 0 spiro atoms. The van der Waals surface area contributed by atoms with Crippen LogP contribution in [0.25, 0.3) is 21.7 Å². The highest BCUT2D eigenvalue weighted by molar-refractivity contribution is 6.32. The third-order valence-corrected chi connectivity index (χ3v) is 4.68. The third-order valence-electron chi connectivity index (χ3n) is 4.27. The van der Waals surface area contributed by atoms with E-state index in [0.29, 0.717) is 21.7 Å². The van der Waals surface area contributed by atoms with Gasteiger partial charge in [0.15, 0.2) is 11.2 Å². The van der Waals surface area contributed by atoms with E-state index in [4.69, 9.17) is 16.0 Å². The van der Waals surface area contributed by atoms with Crippen molar-refractivity contribution in [3.8, 4) is 0 Å². The molecule has 3 aromatic carbocycles. The Bertz CT molecular complexity index is 1220. The largest absolute Gasteiger partial charge is 0.451 e. The number of hydrogen-bond donors (Lipinski definition) is 1. The standard InChI is InChI=1S/C21H14ClNO3/c1-12-9-19-15(10-16(12)22)18(24)11-20(26-19)21(25)23-17-8-4-6-13-5-2-3-7-14(13)17/h2-11H,1H3,(H,23,25). The summed E-state index contributed by atoms with van der Waals surface area (Å²) >= 11 is 6.06. The van der Waals surface area contributed by atoms with E-state index in [1.54, 1.807) is 12.1 Å². The smallest absolute Gasteiger partial charge is 0.291 e. The average molecular weight is 364 g/mol. The van der Waals surface area contributed by atoms with Crippen LogP contribution < -0.4 is 10.7 Å². The van der Waals surface area contributed by atoms with Crippen molar-refractivity contribution >= 4 is 44.9 Å². The fraction of sp³-hybridized carbons (Fsp3) is 0.0476. The van der Waals surface area contributed by atoms with Crippen LogP contribution in [0.5, 0.6) is 0 Å². The molecule has 0 atom stereocenters. The van der Waals surface area contributed by atoms with E-state index in [9.17, 15) is 9.59 Å². The number of anilines is 1. The first-order valence-corrected chi connectivity index (χ1v) is 8.44. The summed E-state index contributed by atoms with van der Waals surface area (Å²) in [6.45, 7) is 1.81. The number of halogens is 1. The monoisotopic (exact) mass is 363 g/mol. The molecule has 1 amide bonds. The molecule has 0 unspecified atom stereocenters. The maximum absolute atomic E-state index is 12.6. The number of amides is 1. The molecular weight excluding hydrogens is 350 g/mol. The topological polar surface area (TPSA) is 59.3 Å². The highest BCUT2D eigenvalue weighted by atomic mass is 35.5. The van der Waals surface area contributed by atoms with Crippen LogP contribution in [0.15, 0.2) is 69.9 Å². The number of rotatable bonds is 2. The van der Waals surface area contributed by atoms with E-state index in [0.717, 1.165) is 16.3 Å². The van der Waals surface area contributed by atoms with Crippen molar-refractivity contribution in [3.05, 3.63) is 87.2 Å². The van der Waals surface area contributed by atoms with Gasteiger partial charge in [0.2, 0.25) is 0 Å². The summed E-state index contributed by atoms with van der Waals surface area (Å²) in [4.78, 5) is 25.0. The summed E-state index contributed by atoms with van der Waals surface area (Å²) in [6.07, 6.45) is 0. The number of nitrogens with one attached hydrogen (secondary N) is 1. The van der Waals surface area contributed by atoms with Crippen molar-refractivity contribution < 1.29 is 9.21 Å². The van der Waals surface area contributed by atoms with Gasteiger partial charge in [-0.25, -0.2) is 0 Å². The second-order valence-corrected chi connectivity index (χ2v) is 6.46. The number of carbonyl (C=O) groups excluding carboxylic acids is 1. The second kappa shape index (κ2) is 6.32. The minimum Gasteiger partial charge on any atom is -0.451 e. The first-order valence-electron chi connectivity index (χ1n) is 8.06. The molecule has 128 valence electrons. The SMILES string of the molecule is Cc1cc2oc(C(=O)Nc3cccc4ccccc34)cc(=O)c2cc1Cl. The van der Waals surface area contributed by atoms with Crippen LogP contribution in [0.1, 0.15) is 16.1 Å². The van der Waals surface area contributed by atoms with E-state index in [2.05, 4.69) is 5.32 Å². The summed E-state index contributed by atoms with van der Waals surface area (Å²) in [7, 11) is 0. The molecule has 0 saturated carbocycles. The van der Waals surface area contributed by atoms with Gasteiger partial charge in [-0.1, -0.05) is 48.0 Å². The number of aryl methyl sites for hydroxylation is 1. The van der Waals surface area contributed by atoms with Crippen LogP contribution in [-0.2, 0) is 0 Å². The minimum absolute atomic E-state index is 0.0443. The Labute approximate surface area is 154 Å². The predicted octanol–water partition coefficient (Wildman–Crippen LogP) is 5.16. The normalized spacial score (nSPS) is 11.0. The minimum atomic E-state index is -0.479. The molecule has 5 heteroatoms. The lowest BCUT2D eigenvalue weighted by molar-refractivity contribution is 0.0997. The quantitative estimate of drug-likeness (QED) is 0.535. The van der Waals surface area contributed by atoms with Gasteiger partial charge >= 0.3 is 0 Å². The Balaban J connectivity index is 1.76. The Kier molecular flexibility index (Phi) is 3.98. The fourth-order valence-corrected chi connectivity index (χ4v) is 3.07. The molecule has 1 N–H and O–H groups in total. The molecule has 4 nitrogen and oxygen atoms in total. The van der Waals surface area contributed by atoms with Crippen molar-refractivity contribution in [2.24, 2.45) is 0 Å². The first-order chi connectivity index (χ1) is 12.5. The van der Waals surface area contributed by atoms with E-state index < -0.39 is 5.91 Å². The molecule has 0 radical (unpaired) electrons. The highest BCUT2D eigenvalue weighted by Crippen LogP contribution is 2.25. The van der Waals surface area contributed by atoms with Gasteiger partial charge in [0.05, 0.1) is 5.39 Å². The number of fused-ring (bicyclic) bond motifs is 2. The molecule has 0 aliphatic rings. The molecule has 1 heterocycles. The second-order valence-electron chi connectivity index (χ2n) is 6.05. The zero-order valence-electron chi connectivity index (χ0n) is 13.9. The lowest BCUT2D eigenvalue weighted by Crippen LogP contribution is -2.15. The molecule has 1 aromatic heterocycles. The lowest BCUT2D eigenvalue weighted by Gasteiger charge is -2.09. The van der Waals surface area contributed by atoms with Crippen molar-refractivity contribution in [1.82, 2.24) is 0 Å². The Morgan fingerprint density at radius 1 is 1.00 bits per heavy atom. The molecule has 0 saturated heterocycles. The average Bonchev–Trinajstić information content (AvgIpc) is 2.63. The number of benzene rings is 3. The van der Waals surface area contributed by atoms with E-state index in [1.807, 2.05) is 49.4 Å². The summed E-state index contributed by atoms with van der Waals surface area (Å²) in [5, 5.41) is 5.58. The zero-order chi connectivity index (χ0) is 18.3. The maximum atomic E-state index is 12.6. The van der Waals surface area contributed by atoms with E-state index in [1.165, 1.54) is 6.07 Å². The summed E-state index contributed by atoms with van der Waals surface area (Å²) in [6, 6.07) is 17.8. The number of carbonyl (C=O) groups is 1. The van der Waals surface area contributed by atoms with Crippen molar-refractivity contribution in [2.45, 2.75) is 6.92 Å². The van der Waals surface area contributed by atoms with E-state index >= 15 is 0 Å². The Morgan fingerprint density at radius 3 is 2.62 bits per heavy atom. The molecule has 0 aliphatic carbocycles. The lowest BCUT2D eigenvalue weighted by atomic mass is 10.1. The van der Waals surface area contributed by atoms with Crippen molar-refractivity contribution in [3.63, 3.8) is 0 Å². The van der Waals surface area contributed by atoms with Gasteiger partial charge in [-0.05, 0) is 36.1 Å². The molecule has 26 heavy (non-hydrogen) atoms. The summed E-state index contributed by atoms with van der Waals surface area (Å²) < 4.78 is 5.65. The van der Waals surface area contributed by atoms with Crippen LogP contribution >= 0.6 is 11.6 Å². The predicted molar refractivity (Wildman–Crippen MR) is 104 cm³/mol. The van der Waals surface area contributed by atoms with Crippen LogP contribution in [0.2, 0.25) is 5.02 Å². The molecule has 4 rings (SSSR count). The summed E-state index contributed by atoms with van der Waals surface area (Å²) in [5.74, 6) is -0.523. The third kappa shape index (κ3) is 2.85. The van der Waals surface area contributed by atoms with E-state index in [-0.39, 0.29) is 11.2 Å². The van der Waals surface area contributed by atoms with Gasteiger partial charge in [-0.2, -0.15) is 0 Å². The molecule has 4 aromatic rings. The first kappa shape index (κ1) is 16.4. The molecule has 0 fully saturated rings. The Morgan fingerprint density at radius 2 is 1.77 bits per heavy atom. The number of hydrogen-bond acceptors (Lipinski definition) is 3. The molecule has 0 bridgehead atoms. The van der Waals surface area contributed by atoms with Crippen LogP contribution in [0.3, 0.4) is 0 Å². The van der Waals surface area contributed by atoms with Gasteiger partial charge in [-0.3, -0.25) is 9.59 Å². The molecule has 0 aliphatic heterocycles. The maximum Gasteiger partial charge on any atom is 0.291 e. The highest BCUT2D eigenvalue weighted by Gasteiger charge is 2.14. The van der Waals surface area contributed by atoms with Crippen molar-refractivity contribution in [1.29, 1.82) is 0 Å². The fourth-order valence-electron chi connectivity index (χ4n) is 2.91. The Hall–Kier alpha value is -3.11. The van der Waals surface area contributed by atoms with Crippen LogP contribution in [-0.4, -0.2) is 5.91 Å². The molecular formula is C21H14ClNO3. The van der Waals surface area contributed by atoms with Gasteiger partial charge < -0.3 is 9.73 Å². The van der Waals surface area contributed by atoms with Gasteiger partial charge in [0.1, 0.15) is 5.58 Å². The van der Waals surface area contributed by atoms with Gasteiger partial charge in [0.25, 0.3) is 5.91 Å². The summed E-state index contributed by atoms with van der Waals surface area (Å²) in [5.41, 5.74) is 1.45. The van der Waals surface area contributed by atoms with Crippen molar-refractivity contribution in [2.75, 3.05) is 5.32 Å².